The van der Waals surface area contributed by atoms with E-state index in [1.54, 1.807) is 35.2 Å². The second-order valence-electron chi connectivity index (χ2n) is 9.33. The van der Waals surface area contributed by atoms with Crippen LogP contribution in [0.2, 0.25) is 0 Å². The van der Waals surface area contributed by atoms with E-state index in [0.29, 0.717) is 38.3 Å². The second-order valence-corrected chi connectivity index (χ2v) is 12.8. The van der Waals surface area contributed by atoms with Crippen molar-refractivity contribution in [1.82, 2.24) is 4.90 Å². The van der Waals surface area contributed by atoms with Gasteiger partial charge in [0, 0.05) is 31.9 Å². The Kier molecular flexibility index (Phi) is 7.85. The number of sulfonamides is 2. The van der Waals surface area contributed by atoms with Crippen LogP contribution < -0.4 is 14.3 Å². The van der Waals surface area contributed by atoms with Crippen molar-refractivity contribution in [3.05, 3.63) is 48.5 Å². The molecule has 2 N–H and O–H groups in total. The molecule has 1 heterocycles. The zero-order valence-corrected chi connectivity index (χ0v) is 21.9. The molecule has 10 nitrogen and oxygen atoms in total. The Morgan fingerprint density at radius 3 is 2.20 bits per heavy atom. The lowest BCUT2D eigenvalue weighted by atomic mass is 10.2. The van der Waals surface area contributed by atoms with Gasteiger partial charge in [0.25, 0.3) is 10.0 Å². The van der Waals surface area contributed by atoms with Gasteiger partial charge in [-0.3, -0.25) is 9.44 Å². The molecule has 12 heteroatoms. The zero-order valence-electron chi connectivity index (χ0n) is 20.3. The molecule has 0 aromatic heterocycles. The van der Waals surface area contributed by atoms with E-state index in [9.17, 15) is 21.6 Å². The van der Waals surface area contributed by atoms with Crippen LogP contribution in [0.15, 0.2) is 53.4 Å². The van der Waals surface area contributed by atoms with Crippen molar-refractivity contribution in [3.63, 3.8) is 0 Å². The van der Waals surface area contributed by atoms with Crippen molar-refractivity contribution < 1.29 is 26.4 Å². The minimum absolute atomic E-state index is 0.0594. The molecule has 1 aliphatic rings. The Bertz CT molecular complexity index is 1260. The summed E-state index contributed by atoms with van der Waals surface area (Å²) in [6, 6.07) is 12.7. The van der Waals surface area contributed by atoms with Gasteiger partial charge in [-0.15, -0.1) is 0 Å². The summed E-state index contributed by atoms with van der Waals surface area (Å²) in [7, 11) is -7.61. The molecule has 192 valence electrons. The molecule has 3 rings (SSSR count). The summed E-state index contributed by atoms with van der Waals surface area (Å²) in [6.07, 6.45) is 1.32. The van der Waals surface area contributed by atoms with Crippen LogP contribution in [0.5, 0.6) is 0 Å². The standard InChI is InChI=1S/C23H32N4O6S2/c1-23(2,3)33-22(28)27-14-8-13-26(15-16-27)18-11-12-20(21(17-18)24-34(4,29)30)25-35(31,32)19-9-6-5-7-10-19/h5-7,9-12,17,24-25H,8,13-16H2,1-4H3. The number of carbonyl (C=O) groups excluding carboxylic acids is 1. The summed E-state index contributed by atoms with van der Waals surface area (Å²) in [6.45, 7) is 7.57. The summed E-state index contributed by atoms with van der Waals surface area (Å²) in [5.41, 5.74) is 0.328. The smallest absolute Gasteiger partial charge is 0.410 e. The molecule has 35 heavy (non-hydrogen) atoms. The van der Waals surface area contributed by atoms with E-state index in [0.717, 1.165) is 6.26 Å². The van der Waals surface area contributed by atoms with Gasteiger partial charge in [0.2, 0.25) is 10.0 Å². The van der Waals surface area contributed by atoms with E-state index in [4.69, 9.17) is 4.74 Å². The summed E-state index contributed by atoms with van der Waals surface area (Å²) in [5, 5.41) is 0. The highest BCUT2D eigenvalue weighted by molar-refractivity contribution is 7.93. The van der Waals surface area contributed by atoms with Gasteiger partial charge in [-0.1, -0.05) is 18.2 Å². The van der Waals surface area contributed by atoms with Crippen LogP contribution in [0.1, 0.15) is 27.2 Å². The van der Waals surface area contributed by atoms with Gasteiger partial charge in [0.05, 0.1) is 22.5 Å². The van der Waals surface area contributed by atoms with Crippen LogP contribution in [-0.4, -0.2) is 65.9 Å². The zero-order chi connectivity index (χ0) is 25.9. The number of nitrogens with zero attached hydrogens (tertiary/aromatic N) is 2. The van der Waals surface area contributed by atoms with E-state index in [1.807, 2.05) is 25.7 Å². The van der Waals surface area contributed by atoms with Gasteiger partial charge in [0.1, 0.15) is 5.60 Å². The van der Waals surface area contributed by atoms with Crippen LogP contribution >= 0.6 is 0 Å². The quantitative estimate of drug-likeness (QED) is 0.594. The van der Waals surface area contributed by atoms with Crippen molar-refractivity contribution in [3.8, 4) is 0 Å². The Morgan fingerprint density at radius 1 is 0.886 bits per heavy atom. The second kappa shape index (κ2) is 10.3. The van der Waals surface area contributed by atoms with E-state index in [2.05, 4.69) is 9.44 Å². The lowest BCUT2D eigenvalue weighted by molar-refractivity contribution is 0.0263. The van der Waals surface area contributed by atoms with Crippen molar-refractivity contribution >= 4 is 43.2 Å². The number of carbonyl (C=O) groups is 1. The molecule has 0 atom stereocenters. The third kappa shape index (κ3) is 7.76. The average Bonchev–Trinajstić information content (AvgIpc) is 3.00. The van der Waals surface area contributed by atoms with Gasteiger partial charge in [-0.25, -0.2) is 21.6 Å². The summed E-state index contributed by atoms with van der Waals surface area (Å²) >= 11 is 0. The largest absolute Gasteiger partial charge is 0.444 e. The molecular weight excluding hydrogens is 492 g/mol. The van der Waals surface area contributed by atoms with Crippen LogP contribution in [0.3, 0.4) is 0 Å². The topological polar surface area (TPSA) is 125 Å². The maximum Gasteiger partial charge on any atom is 0.410 e. The average molecular weight is 525 g/mol. The first kappa shape index (κ1) is 26.6. The van der Waals surface area contributed by atoms with Crippen LogP contribution in [0, 0.1) is 0 Å². The van der Waals surface area contributed by atoms with E-state index in [1.165, 1.54) is 18.2 Å². The number of ether oxygens (including phenoxy) is 1. The first-order valence-electron chi connectivity index (χ1n) is 11.2. The van der Waals surface area contributed by atoms with Crippen molar-refractivity contribution in [1.29, 1.82) is 0 Å². The maximum atomic E-state index is 12.8. The third-order valence-electron chi connectivity index (χ3n) is 5.11. The van der Waals surface area contributed by atoms with E-state index >= 15 is 0 Å². The highest BCUT2D eigenvalue weighted by atomic mass is 32.2. The molecule has 1 saturated heterocycles. The molecule has 1 amide bonds. The van der Waals surface area contributed by atoms with Gasteiger partial charge in [-0.2, -0.15) is 0 Å². The summed E-state index contributed by atoms with van der Waals surface area (Å²) < 4.78 is 60.0. The molecule has 0 saturated carbocycles. The molecule has 0 bridgehead atoms. The predicted molar refractivity (Wildman–Crippen MR) is 137 cm³/mol. The predicted octanol–water partition coefficient (Wildman–Crippen LogP) is 3.31. The van der Waals surface area contributed by atoms with Crippen LogP contribution in [0.25, 0.3) is 0 Å². The van der Waals surface area contributed by atoms with E-state index < -0.39 is 25.6 Å². The normalized spacial score (nSPS) is 15.3. The first-order valence-corrected chi connectivity index (χ1v) is 14.5. The van der Waals surface area contributed by atoms with Gasteiger partial charge < -0.3 is 14.5 Å². The molecule has 0 radical (unpaired) electrons. The molecule has 0 spiro atoms. The number of hydrogen-bond acceptors (Lipinski definition) is 7. The van der Waals surface area contributed by atoms with Crippen LogP contribution in [0.4, 0.5) is 21.9 Å². The number of rotatable bonds is 6. The molecule has 2 aromatic rings. The van der Waals surface area contributed by atoms with Gasteiger partial charge >= 0.3 is 6.09 Å². The molecule has 0 unspecified atom stereocenters. The molecule has 0 aliphatic carbocycles. The minimum atomic E-state index is -3.92. The fraction of sp³-hybridized carbons (Fsp3) is 0.435. The van der Waals surface area contributed by atoms with Gasteiger partial charge in [0.15, 0.2) is 0 Å². The van der Waals surface area contributed by atoms with Crippen molar-refractivity contribution in [2.24, 2.45) is 0 Å². The SMILES string of the molecule is CC(C)(C)OC(=O)N1CCCN(c2ccc(NS(=O)(=O)c3ccccc3)c(NS(C)(=O)=O)c2)CC1. The van der Waals surface area contributed by atoms with E-state index in [-0.39, 0.29) is 22.4 Å². The van der Waals surface area contributed by atoms with Crippen molar-refractivity contribution in [2.75, 3.05) is 46.8 Å². The first-order chi connectivity index (χ1) is 16.2. The number of nitrogens with one attached hydrogen (secondary N) is 2. The Balaban J connectivity index is 1.84. The van der Waals surface area contributed by atoms with Crippen molar-refractivity contribution in [2.45, 2.75) is 37.7 Å². The summed E-state index contributed by atoms with van der Waals surface area (Å²) in [4.78, 5) is 16.2. The molecular formula is C23H32N4O6S2. The number of benzene rings is 2. The number of anilines is 3. The minimum Gasteiger partial charge on any atom is -0.444 e. The Hall–Kier alpha value is -2.99. The molecule has 2 aromatic carbocycles. The third-order valence-corrected chi connectivity index (χ3v) is 7.08. The molecule has 1 fully saturated rings. The molecule has 1 aliphatic heterocycles. The fourth-order valence-electron chi connectivity index (χ4n) is 3.59. The lowest BCUT2D eigenvalue weighted by Gasteiger charge is -2.27. The Morgan fingerprint density at radius 2 is 1.57 bits per heavy atom. The lowest BCUT2D eigenvalue weighted by Crippen LogP contribution is -2.39. The summed E-state index contributed by atoms with van der Waals surface area (Å²) in [5.74, 6) is 0. The number of amides is 1. The van der Waals surface area contributed by atoms with Crippen LogP contribution in [-0.2, 0) is 24.8 Å². The monoisotopic (exact) mass is 524 g/mol. The van der Waals surface area contributed by atoms with Gasteiger partial charge in [-0.05, 0) is 57.5 Å². The maximum absolute atomic E-state index is 12.8. The number of hydrogen-bond donors (Lipinski definition) is 2. The highest BCUT2D eigenvalue weighted by Gasteiger charge is 2.25. The highest BCUT2D eigenvalue weighted by Crippen LogP contribution is 2.31. The Labute approximate surface area is 207 Å². The fourth-order valence-corrected chi connectivity index (χ4v) is 5.26.